The summed E-state index contributed by atoms with van der Waals surface area (Å²) in [5, 5.41) is 0. The van der Waals surface area contributed by atoms with Crippen molar-refractivity contribution in [3.63, 3.8) is 0 Å². The molecule has 0 saturated carbocycles. The highest BCUT2D eigenvalue weighted by atomic mass is 16.1. The number of allylic oxidation sites excluding steroid dienone is 2. The van der Waals surface area contributed by atoms with E-state index >= 15 is 0 Å². The third-order valence-corrected chi connectivity index (χ3v) is 2.81. The first-order valence-corrected chi connectivity index (χ1v) is 5.07. The summed E-state index contributed by atoms with van der Waals surface area (Å²) in [4.78, 5) is 10.7. The fourth-order valence-electron chi connectivity index (χ4n) is 2.02. The van der Waals surface area contributed by atoms with Gasteiger partial charge in [0.2, 0.25) is 0 Å². The van der Waals surface area contributed by atoms with Crippen LogP contribution in [0.3, 0.4) is 0 Å². The predicted octanol–water partition coefficient (Wildman–Crippen LogP) is 2.94. The van der Waals surface area contributed by atoms with Crippen molar-refractivity contribution in [2.75, 3.05) is 0 Å². The van der Waals surface area contributed by atoms with Gasteiger partial charge in [-0.15, -0.1) is 0 Å². The zero-order valence-electron chi connectivity index (χ0n) is 8.10. The van der Waals surface area contributed by atoms with Gasteiger partial charge in [-0.1, -0.05) is 42.5 Å². The average Bonchev–Trinajstić information content (AvgIpc) is 2.30. The minimum absolute atomic E-state index is 0.119. The summed E-state index contributed by atoms with van der Waals surface area (Å²) in [5.41, 5.74) is 1.35. The maximum atomic E-state index is 10.7. The molecule has 1 aliphatic carbocycles. The maximum absolute atomic E-state index is 10.7. The van der Waals surface area contributed by atoms with Crippen molar-refractivity contribution in [3.05, 3.63) is 48.0 Å². The van der Waals surface area contributed by atoms with Gasteiger partial charge in [0.1, 0.15) is 6.29 Å². The molecule has 2 unspecified atom stereocenters. The van der Waals surface area contributed by atoms with Crippen LogP contribution < -0.4 is 0 Å². The SMILES string of the molecule is O=CC1C=CCC(c2ccccc2)C1. The number of aldehydes is 1. The van der Waals surface area contributed by atoms with Gasteiger partial charge in [0.15, 0.2) is 0 Å². The molecule has 2 rings (SSSR count). The lowest BCUT2D eigenvalue weighted by Crippen LogP contribution is -2.10. The van der Waals surface area contributed by atoms with Gasteiger partial charge in [-0.25, -0.2) is 0 Å². The van der Waals surface area contributed by atoms with Gasteiger partial charge >= 0.3 is 0 Å². The van der Waals surface area contributed by atoms with Gasteiger partial charge in [0.25, 0.3) is 0 Å². The van der Waals surface area contributed by atoms with Crippen LogP contribution >= 0.6 is 0 Å². The Bertz CT molecular complexity index is 326. The Hall–Kier alpha value is -1.37. The van der Waals surface area contributed by atoms with Gasteiger partial charge in [-0.3, -0.25) is 0 Å². The van der Waals surface area contributed by atoms with Crippen LogP contribution in [-0.4, -0.2) is 6.29 Å². The standard InChI is InChI=1S/C13H14O/c14-10-11-5-4-8-13(9-11)12-6-2-1-3-7-12/h1-7,10-11,13H,8-9H2. The van der Waals surface area contributed by atoms with Crippen molar-refractivity contribution >= 4 is 6.29 Å². The second kappa shape index (κ2) is 4.23. The zero-order valence-corrected chi connectivity index (χ0v) is 8.10. The number of carbonyl (C=O) groups excluding carboxylic acids is 1. The molecule has 0 fully saturated rings. The molecule has 72 valence electrons. The topological polar surface area (TPSA) is 17.1 Å². The highest BCUT2D eigenvalue weighted by Crippen LogP contribution is 2.30. The molecular weight excluding hydrogens is 172 g/mol. The normalized spacial score (nSPS) is 26.0. The fraction of sp³-hybridized carbons (Fsp3) is 0.308. The smallest absolute Gasteiger partial charge is 0.126 e. The van der Waals surface area contributed by atoms with Crippen LogP contribution in [0.2, 0.25) is 0 Å². The molecule has 1 aromatic rings. The molecule has 2 atom stereocenters. The first-order chi connectivity index (χ1) is 6.90. The van der Waals surface area contributed by atoms with E-state index in [4.69, 9.17) is 0 Å². The van der Waals surface area contributed by atoms with Gasteiger partial charge in [0, 0.05) is 5.92 Å². The summed E-state index contributed by atoms with van der Waals surface area (Å²) < 4.78 is 0. The van der Waals surface area contributed by atoms with Crippen LogP contribution in [0, 0.1) is 5.92 Å². The molecule has 0 saturated heterocycles. The van der Waals surface area contributed by atoms with Gasteiger partial charge in [-0.2, -0.15) is 0 Å². The number of rotatable bonds is 2. The van der Waals surface area contributed by atoms with Crippen LogP contribution in [-0.2, 0) is 4.79 Å². The second-order valence-corrected chi connectivity index (χ2v) is 3.81. The first kappa shape index (κ1) is 9.20. The van der Waals surface area contributed by atoms with E-state index in [1.54, 1.807) is 0 Å². The predicted molar refractivity (Wildman–Crippen MR) is 57.1 cm³/mol. The number of hydrogen-bond acceptors (Lipinski definition) is 1. The fourth-order valence-corrected chi connectivity index (χ4v) is 2.02. The summed E-state index contributed by atoms with van der Waals surface area (Å²) in [6.45, 7) is 0. The molecule has 0 amide bonds. The molecule has 0 spiro atoms. The van der Waals surface area contributed by atoms with Crippen LogP contribution in [0.1, 0.15) is 24.3 Å². The Labute approximate surface area is 84.5 Å². The molecule has 1 heteroatoms. The van der Waals surface area contributed by atoms with Crippen molar-refractivity contribution in [2.45, 2.75) is 18.8 Å². The molecule has 0 bridgehead atoms. The van der Waals surface area contributed by atoms with Crippen molar-refractivity contribution < 1.29 is 4.79 Å². The van der Waals surface area contributed by atoms with E-state index in [1.807, 2.05) is 12.1 Å². The summed E-state index contributed by atoms with van der Waals surface area (Å²) in [5.74, 6) is 0.644. The molecule has 1 aliphatic rings. The molecule has 0 radical (unpaired) electrons. The van der Waals surface area contributed by atoms with Crippen LogP contribution in [0.4, 0.5) is 0 Å². The highest BCUT2D eigenvalue weighted by Gasteiger charge is 2.18. The lowest BCUT2D eigenvalue weighted by atomic mass is 9.83. The third kappa shape index (κ3) is 1.92. The summed E-state index contributed by atoms with van der Waals surface area (Å²) >= 11 is 0. The number of hydrogen-bond donors (Lipinski definition) is 0. The van der Waals surface area contributed by atoms with E-state index < -0.39 is 0 Å². The Morgan fingerprint density at radius 3 is 2.71 bits per heavy atom. The highest BCUT2D eigenvalue weighted by molar-refractivity contribution is 5.57. The molecule has 0 aliphatic heterocycles. The van der Waals surface area contributed by atoms with E-state index in [9.17, 15) is 4.79 Å². The Balaban J connectivity index is 2.14. The van der Waals surface area contributed by atoms with Crippen molar-refractivity contribution in [1.29, 1.82) is 0 Å². The molecule has 0 heterocycles. The lowest BCUT2D eigenvalue weighted by molar-refractivity contribution is -0.110. The first-order valence-electron chi connectivity index (χ1n) is 5.07. The molecule has 1 aromatic carbocycles. The maximum Gasteiger partial charge on any atom is 0.126 e. The summed E-state index contributed by atoms with van der Waals surface area (Å²) in [7, 11) is 0. The van der Waals surface area contributed by atoms with Crippen molar-refractivity contribution in [3.8, 4) is 0 Å². The van der Waals surface area contributed by atoms with Crippen LogP contribution in [0.15, 0.2) is 42.5 Å². The number of carbonyl (C=O) groups is 1. The van der Waals surface area contributed by atoms with E-state index in [2.05, 4.69) is 30.3 Å². The van der Waals surface area contributed by atoms with E-state index in [1.165, 1.54) is 5.56 Å². The van der Waals surface area contributed by atoms with Gasteiger partial charge in [0.05, 0.1) is 0 Å². The van der Waals surface area contributed by atoms with E-state index in [0.29, 0.717) is 5.92 Å². The van der Waals surface area contributed by atoms with Crippen LogP contribution in [0.25, 0.3) is 0 Å². The Morgan fingerprint density at radius 2 is 2.00 bits per heavy atom. The molecular formula is C13H14O. The summed E-state index contributed by atoms with van der Waals surface area (Å²) in [6.07, 6.45) is 7.22. The van der Waals surface area contributed by atoms with Gasteiger partial charge in [-0.05, 0) is 24.3 Å². The summed E-state index contributed by atoms with van der Waals surface area (Å²) in [6, 6.07) is 10.4. The zero-order chi connectivity index (χ0) is 9.80. The minimum Gasteiger partial charge on any atom is -0.303 e. The molecule has 0 N–H and O–H groups in total. The van der Waals surface area contributed by atoms with E-state index in [0.717, 1.165) is 19.1 Å². The minimum atomic E-state index is 0.119. The molecule has 0 aromatic heterocycles. The molecule has 1 nitrogen and oxygen atoms in total. The quantitative estimate of drug-likeness (QED) is 0.512. The van der Waals surface area contributed by atoms with Crippen molar-refractivity contribution in [2.24, 2.45) is 5.92 Å². The van der Waals surface area contributed by atoms with Gasteiger partial charge < -0.3 is 4.79 Å². The monoisotopic (exact) mass is 186 g/mol. The second-order valence-electron chi connectivity index (χ2n) is 3.81. The third-order valence-electron chi connectivity index (χ3n) is 2.81. The van der Waals surface area contributed by atoms with E-state index in [-0.39, 0.29) is 5.92 Å². The Kier molecular flexibility index (Phi) is 2.78. The lowest BCUT2D eigenvalue weighted by Gasteiger charge is -2.21. The largest absolute Gasteiger partial charge is 0.303 e. The van der Waals surface area contributed by atoms with Crippen LogP contribution in [0.5, 0.6) is 0 Å². The average molecular weight is 186 g/mol. The Morgan fingerprint density at radius 1 is 1.21 bits per heavy atom. The van der Waals surface area contributed by atoms with Crippen molar-refractivity contribution in [1.82, 2.24) is 0 Å². The molecule has 14 heavy (non-hydrogen) atoms. The number of benzene rings is 1.